The number of rotatable bonds is 12. The molecular formula is C22H27ClN4O6S. The molecule has 0 fully saturated rings. The Bertz CT molecular complexity index is 982. The van der Waals surface area contributed by atoms with Gasteiger partial charge in [-0.3, -0.25) is 28.9 Å². The molecule has 4 N–H and O–H groups in total. The fourth-order valence-corrected chi connectivity index (χ4v) is 3.66. The third kappa shape index (κ3) is 8.07. The summed E-state index contributed by atoms with van der Waals surface area (Å²) in [6.07, 6.45) is 4.40. The first-order chi connectivity index (χ1) is 16.1. The molecule has 2 rings (SSSR count). The van der Waals surface area contributed by atoms with Crippen molar-refractivity contribution in [2.75, 3.05) is 18.4 Å². The Morgan fingerprint density at radius 1 is 1.09 bits per heavy atom. The minimum Gasteiger partial charge on any atom is -0.506 e. The number of thiol groups is 1. The van der Waals surface area contributed by atoms with Crippen LogP contribution in [0, 0.1) is 0 Å². The van der Waals surface area contributed by atoms with Gasteiger partial charge in [-0.25, -0.2) is 0 Å². The van der Waals surface area contributed by atoms with E-state index >= 15 is 0 Å². The molecule has 0 aromatic heterocycles. The number of carbonyl (C=O) groups excluding carboxylic acids is 5. The highest BCUT2D eigenvalue weighted by Gasteiger charge is 2.22. The number of imide groups is 1. The molecular weight excluding hydrogens is 484 g/mol. The Morgan fingerprint density at radius 2 is 1.76 bits per heavy atom. The average Bonchev–Trinajstić information content (AvgIpc) is 3.11. The lowest BCUT2D eigenvalue weighted by Gasteiger charge is -2.16. The monoisotopic (exact) mass is 510 g/mol. The Labute approximate surface area is 207 Å². The number of amides is 5. The van der Waals surface area contributed by atoms with E-state index in [9.17, 15) is 29.1 Å². The van der Waals surface area contributed by atoms with Gasteiger partial charge in [-0.2, -0.15) is 12.6 Å². The van der Waals surface area contributed by atoms with Gasteiger partial charge >= 0.3 is 0 Å². The van der Waals surface area contributed by atoms with Crippen LogP contribution in [-0.2, 0) is 29.7 Å². The van der Waals surface area contributed by atoms with Gasteiger partial charge in [-0.1, -0.05) is 18.0 Å². The fraction of sp³-hybridized carbons (Fsp3) is 0.409. The predicted octanol–water partition coefficient (Wildman–Crippen LogP) is 1.52. The Kier molecular flexibility index (Phi) is 10.4. The van der Waals surface area contributed by atoms with Gasteiger partial charge in [0.15, 0.2) is 0 Å². The predicted molar refractivity (Wildman–Crippen MR) is 129 cm³/mol. The smallest absolute Gasteiger partial charge is 0.253 e. The summed E-state index contributed by atoms with van der Waals surface area (Å²) in [6, 6.07) is 1.86. The molecule has 5 amide bonds. The lowest BCUT2D eigenvalue weighted by Crippen LogP contribution is -2.45. The van der Waals surface area contributed by atoms with Gasteiger partial charge in [0.1, 0.15) is 11.8 Å². The highest BCUT2D eigenvalue weighted by atomic mass is 35.5. The number of nitrogens with zero attached hydrogens (tertiary/aromatic N) is 1. The molecule has 0 aliphatic carbocycles. The highest BCUT2D eigenvalue weighted by molar-refractivity contribution is 7.79. The van der Waals surface area contributed by atoms with Gasteiger partial charge in [0, 0.05) is 35.9 Å². The summed E-state index contributed by atoms with van der Waals surface area (Å²) in [4.78, 5) is 60.3. The molecule has 1 aromatic rings. The first kappa shape index (κ1) is 27.2. The minimum atomic E-state index is -0.933. The zero-order chi connectivity index (χ0) is 25.3. The summed E-state index contributed by atoms with van der Waals surface area (Å²) in [7, 11) is 0. The fourth-order valence-electron chi connectivity index (χ4n) is 3.08. The van der Waals surface area contributed by atoms with Crippen LogP contribution in [0.3, 0.4) is 0 Å². The number of phenols is 1. The Morgan fingerprint density at radius 3 is 2.41 bits per heavy atom. The molecule has 0 saturated carbocycles. The molecule has 34 heavy (non-hydrogen) atoms. The van der Waals surface area contributed by atoms with E-state index in [2.05, 4.69) is 28.6 Å². The van der Waals surface area contributed by atoms with E-state index in [1.807, 2.05) is 0 Å². The van der Waals surface area contributed by atoms with Crippen molar-refractivity contribution in [3.05, 3.63) is 34.9 Å². The SMILES string of the molecule is CC(NC(=O)CNC(=O)CCCCCN1C(=O)C=CC1=O)C(=O)Nc1cc(Cl)c(CS)cc1O. The van der Waals surface area contributed by atoms with E-state index in [0.29, 0.717) is 42.1 Å². The molecule has 10 nitrogen and oxygen atoms in total. The van der Waals surface area contributed by atoms with Gasteiger partial charge in [0.25, 0.3) is 11.8 Å². The summed E-state index contributed by atoms with van der Waals surface area (Å²) in [6.45, 7) is 1.46. The molecule has 1 aliphatic heterocycles. The largest absolute Gasteiger partial charge is 0.506 e. The normalized spacial score (nSPS) is 13.7. The summed E-state index contributed by atoms with van der Waals surface area (Å²) in [5.74, 6) is -1.98. The van der Waals surface area contributed by atoms with Crippen LogP contribution in [0.5, 0.6) is 5.75 Å². The van der Waals surface area contributed by atoms with Gasteiger partial charge in [-0.05, 0) is 37.5 Å². The van der Waals surface area contributed by atoms with Crippen molar-refractivity contribution in [3.8, 4) is 5.75 Å². The first-order valence-corrected chi connectivity index (χ1v) is 11.7. The zero-order valence-electron chi connectivity index (χ0n) is 18.6. The molecule has 1 atom stereocenters. The number of aromatic hydroxyl groups is 1. The van der Waals surface area contributed by atoms with Crippen LogP contribution in [-0.4, -0.2) is 58.7 Å². The number of hydrogen-bond donors (Lipinski definition) is 5. The van der Waals surface area contributed by atoms with Gasteiger partial charge in [0.05, 0.1) is 12.2 Å². The number of anilines is 1. The number of hydrogen-bond acceptors (Lipinski definition) is 7. The van der Waals surface area contributed by atoms with Gasteiger partial charge in [-0.15, -0.1) is 0 Å². The molecule has 1 aromatic carbocycles. The Balaban J connectivity index is 1.64. The molecule has 0 spiro atoms. The minimum absolute atomic E-state index is 0.102. The van der Waals surface area contributed by atoms with Crippen molar-refractivity contribution in [1.29, 1.82) is 0 Å². The van der Waals surface area contributed by atoms with Crippen LogP contribution >= 0.6 is 24.2 Å². The lowest BCUT2D eigenvalue weighted by molar-refractivity contribution is -0.137. The molecule has 12 heteroatoms. The van der Waals surface area contributed by atoms with Gasteiger partial charge < -0.3 is 21.1 Å². The van der Waals surface area contributed by atoms with Crippen molar-refractivity contribution in [2.45, 2.75) is 44.4 Å². The van der Waals surface area contributed by atoms with Crippen molar-refractivity contribution in [3.63, 3.8) is 0 Å². The molecule has 1 heterocycles. The van der Waals surface area contributed by atoms with Crippen LogP contribution in [0.1, 0.15) is 38.2 Å². The number of carbonyl (C=O) groups is 5. The third-order valence-corrected chi connectivity index (χ3v) is 5.69. The average molecular weight is 511 g/mol. The Hall–Kier alpha value is -3.05. The standard InChI is InChI=1S/C22H27ClN4O6S/c1-13(22(33)26-16-10-15(23)14(12-34)9-17(16)28)25-19(30)11-24-18(29)5-3-2-4-8-27-20(31)6-7-21(27)32/h6-7,9-10,13,28,34H,2-5,8,11-12H2,1H3,(H,24,29)(H,25,30)(H,26,33). The van der Waals surface area contributed by atoms with E-state index in [4.69, 9.17) is 11.6 Å². The number of benzene rings is 1. The maximum atomic E-state index is 12.3. The summed E-state index contributed by atoms with van der Waals surface area (Å²) in [5.41, 5.74) is 0.705. The van der Waals surface area contributed by atoms with Crippen molar-refractivity contribution in [2.24, 2.45) is 0 Å². The zero-order valence-corrected chi connectivity index (χ0v) is 20.2. The summed E-state index contributed by atoms with van der Waals surface area (Å²) < 4.78 is 0. The molecule has 1 aliphatic rings. The highest BCUT2D eigenvalue weighted by Crippen LogP contribution is 2.31. The number of unbranched alkanes of at least 4 members (excludes halogenated alkanes) is 2. The van der Waals surface area contributed by atoms with Crippen molar-refractivity contribution < 1.29 is 29.1 Å². The number of nitrogens with one attached hydrogen (secondary N) is 3. The van der Waals surface area contributed by atoms with Crippen molar-refractivity contribution in [1.82, 2.24) is 15.5 Å². The van der Waals surface area contributed by atoms with Crippen LogP contribution in [0.4, 0.5) is 5.69 Å². The topological polar surface area (TPSA) is 145 Å². The lowest BCUT2D eigenvalue weighted by atomic mass is 10.2. The van der Waals surface area contributed by atoms with Crippen LogP contribution in [0.2, 0.25) is 5.02 Å². The maximum Gasteiger partial charge on any atom is 0.253 e. The van der Waals surface area contributed by atoms with E-state index < -0.39 is 17.9 Å². The summed E-state index contributed by atoms with van der Waals surface area (Å²) >= 11 is 10.2. The molecule has 184 valence electrons. The first-order valence-electron chi connectivity index (χ1n) is 10.6. The third-order valence-electron chi connectivity index (χ3n) is 5.00. The second-order valence-corrected chi connectivity index (χ2v) is 8.37. The number of halogens is 1. The maximum absolute atomic E-state index is 12.3. The van der Waals surface area contributed by atoms with E-state index in [0.717, 1.165) is 4.90 Å². The van der Waals surface area contributed by atoms with E-state index in [-0.39, 0.29) is 42.1 Å². The second kappa shape index (κ2) is 13.0. The molecule has 0 bridgehead atoms. The van der Waals surface area contributed by atoms with Gasteiger partial charge in [0.2, 0.25) is 17.7 Å². The van der Waals surface area contributed by atoms with Crippen LogP contribution in [0.25, 0.3) is 0 Å². The second-order valence-electron chi connectivity index (χ2n) is 7.65. The van der Waals surface area contributed by atoms with Crippen molar-refractivity contribution >= 4 is 59.5 Å². The number of phenolic OH excluding ortho intramolecular Hbond substituents is 1. The summed E-state index contributed by atoms with van der Waals surface area (Å²) in [5, 5.41) is 17.8. The van der Waals surface area contributed by atoms with E-state index in [1.54, 1.807) is 0 Å². The van der Waals surface area contributed by atoms with E-state index in [1.165, 1.54) is 31.2 Å². The quantitative estimate of drug-likeness (QED) is 0.125. The van der Waals surface area contributed by atoms with Crippen LogP contribution in [0.15, 0.2) is 24.3 Å². The molecule has 0 saturated heterocycles. The molecule has 1 unspecified atom stereocenters. The molecule has 0 radical (unpaired) electrons. The van der Waals surface area contributed by atoms with Crippen LogP contribution < -0.4 is 16.0 Å².